The molecule has 2 heteroatoms. The van der Waals surface area contributed by atoms with Gasteiger partial charge in [0, 0.05) is 5.92 Å². The van der Waals surface area contributed by atoms with E-state index in [4.69, 9.17) is 4.74 Å². The molecule has 0 spiro atoms. The van der Waals surface area contributed by atoms with E-state index >= 15 is 0 Å². The van der Waals surface area contributed by atoms with Crippen LogP contribution in [0.1, 0.15) is 20.8 Å². The van der Waals surface area contributed by atoms with Crippen LogP contribution in [0.25, 0.3) is 0 Å². The molecular formula is C9H14O2. The lowest BCUT2D eigenvalue weighted by Gasteiger charge is -2.19. The van der Waals surface area contributed by atoms with E-state index in [1.165, 1.54) is 0 Å². The van der Waals surface area contributed by atoms with Crippen LogP contribution in [0.4, 0.5) is 0 Å². The van der Waals surface area contributed by atoms with E-state index in [0.717, 1.165) is 0 Å². The molecule has 0 aliphatic carbocycles. The summed E-state index contributed by atoms with van der Waals surface area (Å²) in [5.41, 5.74) is -0.909. The first-order valence-corrected chi connectivity index (χ1v) is 3.88. The van der Waals surface area contributed by atoms with Gasteiger partial charge in [0.15, 0.2) is 5.60 Å². The zero-order valence-electron chi connectivity index (χ0n) is 7.22. The third-order valence-corrected chi connectivity index (χ3v) is 2.37. The van der Waals surface area contributed by atoms with E-state index in [0.29, 0.717) is 6.61 Å². The minimum absolute atomic E-state index is 0.106. The van der Waals surface area contributed by atoms with Crippen LogP contribution >= 0.6 is 0 Å². The third-order valence-electron chi connectivity index (χ3n) is 2.37. The second-order valence-electron chi connectivity index (χ2n) is 3.10. The molecule has 1 rings (SSSR count). The van der Waals surface area contributed by atoms with Crippen LogP contribution in [0.5, 0.6) is 0 Å². The summed E-state index contributed by atoms with van der Waals surface area (Å²) in [7, 11) is 0. The van der Waals surface area contributed by atoms with Crippen LogP contribution in [-0.4, -0.2) is 23.4 Å². The first kappa shape index (κ1) is 8.58. The summed E-state index contributed by atoms with van der Waals surface area (Å²) >= 11 is 0. The van der Waals surface area contributed by atoms with E-state index in [-0.39, 0.29) is 12.0 Å². The molecule has 3 atom stereocenters. The Hall–Kier alpha value is -0.520. The fourth-order valence-electron chi connectivity index (χ4n) is 1.29. The number of rotatable bonds is 0. The molecule has 0 aromatic heterocycles. The number of hydrogen-bond donors (Lipinski definition) is 1. The van der Waals surface area contributed by atoms with Crippen molar-refractivity contribution in [3.05, 3.63) is 0 Å². The molecule has 3 unspecified atom stereocenters. The molecule has 0 bridgehead atoms. The van der Waals surface area contributed by atoms with Crippen molar-refractivity contribution >= 4 is 0 Å². The molecule has 62 valence electrons. The monoisotopic (exact) mass is 154 g/mol. The van der Waals surface area contributed by atoms with Crippen LogP contribution in [-0.2, 0) is 4.74 Å². The highest BCUT2D eigenvalue weighted by atomic mass is 16.5. The number of hydrogen-bond acceptors (Lipinski definition) is 2. The Morgan fingerprint density at radius 3 is 2.55 bits per heavy atom. The Kier molecular flexibility index (Phi) is 2.22. The first-order valence-electron chi connectivity index (χ1n) is 3.88. The largest absolute Gasteiger partial charge is 0.375 e. The Labute approximate surface area is 67.6 Å². The first-order chi connectivity index (χ1) is 5.10. The zero-order valence-corrected chi connectivity index (χ0v) is 7.22. The van der Waals surface area contributed by atoms with E-state index < -0.39 is 5.60 Å². The summed E-state index contributed by atoms with van der Waals surface area (Å²) in [6, 6.07) is 0. The van der Waals surface area contributed by atoms with Gasteiger partial charge in [-0.2, -0.15) is 0 Å². The summed E-state index contributed by atoms with van der Waals surface area (Å²) in [5.74, 6) is 5.61. The van der Waals surface area contributed by atoms with E-state index in [9.17, 15) is 5.11 Å². The molecule has 1 aliphatic rings. The van der Waals surface area contributed by atoms with Gasteiger partial charge in [0.05, 0.1) is 12.7 Å². The topological polar surface area (TPSA) is 29.5 Å². The maximum absolute atomic E-state index is 9.83. The lowest BCUT2D eigenvalue weighted by atomic mass is 9.89. The van der Waals surface area contributed by atoms with Crippen molar-refractivity contribution in [1.29, 1.82) is 0 Å². The van der Waals surface area contributed by atoms with Crippen LogP contribution in [0.15, 0.2) is 0 Å². The molecular weight excluding hydrogens is 140 g/mol. The minimum atomic E-state index is -0.909. The standard InChI is InChI=1S/C9H14O2/c1-4-5-9(10)6-11-8(3)7(9)2/h7-8,10H,6H2,1-3H3. The molecule has 1 fully saturated rings. The van der Waals surface area contributed by atoms with Crippen molar-refractivity contribution in [2.24, 2.45) is 5.92 Å². The van der Waals surface area contributed by atoms with Crippen molar-refractivity contribution in [3.8, 4) is 11.8 Å². The predicted molar refractivity (Wildman–Crippen MR) is 43.0 cm³/mol. The van der Waals surface area contributed by atoms with Crippen LogP contribution in [0.3, 0.4) is 0 Å². The van der Waals surface area contributed by atoms with E-state index in [1.54, 1.807) is 6.92 Å². The van der Waals surface area contributed by atoms with E-state index in [1.807, 2.05) is 13.8 Å². The Morgan fingerprint density at radius 2 is 2.18 bits per heavy atom. The fraction of sp³-hybridized carbons (Fsp3) is 0.778. The molecule has 1 heterocycles. The highest BCUT2D eigenvalue weighted by Crippen LogP contribution is 2.29. The van der Waals surface area contributed by atoms with Gasteiger partial charge in [-0.25, -0.2) is 0 Å². The number of aliphatic hydroxyl groups is 1. The molecule has 2 nitrogen and oxygen atoms in total. The van der Waals surface area contributed by atoms with Crippen molar-refractivity contribution in [2.75, 3.05) is 6.61 Å². The van der Waals surface area contributed by atoms with Crippen molar-refractivity contribution in [3.63, 3.8) is 0 Å². The minimum Gasteiger partial charge on any atom is -0.375 e. The maximum Gasteiger partial charge on any atom is 0.153 e. The number of ether oxygens (including phenoxy) is 1. The highest BCUT2D eigenvalue weighted by molar-refractivity contribution is 5.17. The van der Waals surface area contributed by atoms with Gasteiger partial charge in [0.25, 0.3) is 0 Å². The van der Waals surface area contributed by atoms with Gasteiger partial charge in [-0.05, 0) is 13.8 Å². The summed E-state index contributed by atoms with van der Waals surface area (Å²) in [6.45, 7) is 5.99. The van der Waals surface area contributed by atoms with Crippen molar-refractivity contribution in [2.45, 2.75) is 32.5 Å². The van der Waals surface area contributed by atoms with Crippen molar-refractivity contribution < 1.29 is 9.84 Å². The summed E-state index contributed by atoms with van der Waals surface area (Å²) < 4.78 is 5.28. The van der Waals surface area contributed by atoms with Gasteiger partial charge >= 0.3 is 0 Å². The van der Waals surface area contributed by atoms with Crippen LogP contribution in [0, 0.1) is 17.8 Å². The van der Waals surface area contributed by atoms with Gasteiger partial charge < -0.3 is 9.84 Å². The van der Waals surface area contributed by atoms with Gasteiger partial charge in [0.2, 0.25) is 0 Å². The molecule has 1 saturated heterocycles. The molecule has 0 saturated carbocycles. The maximum atomic E-state index is 9.83. The van der Waals surface area contributed by atoms with E-state index in [2.05, 4.69) is 11.8 Å². The predicted octanol–water partition coefficient (Wildman–Crippen LogP) is 0.796. The molecule has 0 aromatic carbocycles. The van der Waals surface area contributed by atoms with Gasteiger partial charge in [-0.3, -0.25) is 0 Å². The van der Waals surface area contributed by atoms with Crippen LogP contribution < -0.4 is 0 Å². The van der Waals surface area contributed by atoms with Gasteiger partial charge in [-0.15, -0.1) is 5.92 Å². The lowest BCUT2D eigenvalue weighted by Crippen LogP contribution is -2.35. The quantitative estimate of drug-likeness (QED) is 0.523. The van der Waals surface area contributed by atoms with Gasteiger partial charge in [0.1, 0.15) is 0 Å². The molecule has 1 N–H and O–H groups in total. The molecule has 0 amide bonds. The summed E-state index contributed by atoms with van der Waals surface area (Å²) in [5, 5.41) is 9.83. The summed E-state index contributed by atoms with van der Waals surface area (Å²) in [4.78, 5) is 0. The molecule has 0 aromatic rings. The Morgan fingerprint density at radius 1 is 1.55 bits per heavy atom. The van der Waals surface area contributed by atoms with Crippen LogP contribution in [0.2, 0.25) is 0 Å². The molecule has 1 aliphatic heterocycles. The van der Waals surface area contributed by atoms with Crippen molar-refractivity contribution in [1.82, 2.24) is 0 Å². The average molecular weight is 154 g/mol. The second-order valence-corrected chi connectivity index (χ2v) is 3.10. The molecule has 11 heavy (non-hydrogen) atoms. The SMILES string of the molecule is CC#CC1(O)COC(C)C1C. The lowest BCUT2D eigenvalue weighted by molar-refractivity contribution is 0.0577. The second kappa shape index (κ2) is 2.84. The Balaban J connectivity index is 2.78. The average Bonchev–Trinajstić information content (AvgIpc) is 2.19. The normalized spacial score (nSPS) is 43.3. The smallest absolute Gasteiger partial charge is 0.153 e. The Bertz CT molecular complexity index is 201. The van der Waals surface area contributed by atoms with Gasteiger partial charge in [-0.1, -0.05) is 12.8 Å². The third kappa shape index (κ3) is 1.40. The zero-order chi connectivity index (χ0) is 8.48. The highest BCUT2D eigenvalue weighted by Gasteiger charge is 2.42. The molecule has 0 radical (unpaired) electrons. The summed E-state index contributed by atoms with van der Waals surface area (Å²) in [6.07, 6.45) is 0.112. The fourth-order valence-corrected chi connectivity index (χ4v) is 1.29.